The molecule has 0 saturated heterocycles. The van der Waals surface area contributed by atoms with Crippen LogP contribution < -0.4 is 5.48 Å². The summed E-state index contributed by atoms with van der Waals surface area (Å²) in [7, 11) is 0. The molecule has 1 aliphatic carbocycles. The van der Waals surface area contributed by atoms with E-state index in [0.29, 0.717) is 25.1 Å². The summed E-state index contributed by atoms with van der Waals surface area (Å²) in [5.41, 5.74) is 8.47. The molecule has 6 heteroatoms. The Labute approximate surface area is 211 Å². The molecule has 5 rings (SSSR count). The number of amides is 2. The molecule has 6 nitrogen and oxygen atoms in total. The Kier molecular flexibility index (Phi) is 6.08. The summed E-state index contributed by atoms with van der Waals surface area (Å²) >= 11 is 0. The van der Waals surface area contributed by atoms with Crippen LogP contribution >= 0.6 is 0 Å². The monoisotopic (exact) mass is 484 g/mol. The van der Waals surface area contributed by atoms with Gasteiger partial charge in [0.15, 0.2) is 0 Å². The van der Waals surface area contributed by atoms with Crippen LogP contribution in [0.25, 0.3) is 17.4 Å². The summed E-state index contributed by atoms with van der Waals surface area (Å²) in [6, 6.07) is 16.0. The number of nitrogens with zero attached hydrogens (tertiary/aromatic N) is 1. The Morgan fingerprint density at radius 1 is 1.00 bits per heavy atom. The molecule has 2 aliphatic rings. The van der Waals surface area contributed by atoms with E-state index in [0.717, 1.165) is 45.8 Å². The van der Waals surface area contributed by atoms with Gasteiger partial charge in [-0.15, -0.1) is 0 Å². The lowest BCUT2D eigenvalue weighted by atomic mass is 9.86. The zero-order chi connectivity index (χ0) is 25.6. The first-order valence-electron chi connectivity index (χ1n) is 12.5. The molecule has 0 radical (unpaired) electrons. The van der Waals surface area contributed by atoms with Crippen molar-refractivity contribution in [1.29, 1.82) is 0 Å². The maximum Gasteiger partial charge on any atom is 0.274 e. The van der Waals surface area contributed by atoms with E-state index >= 15 is 0 Å². The summed E-state index contributed by atoms with van der Waals surface area (Å²) in [6.07, 6.45) is 3.28. The van der Waals surface area contributed by atoms with Gasteiger partial charge in [-0.05, 0) is 59.2 Å². The number of carbonyl (C=O) groups excluding carboxylic acids is 2. The number of hydrogen-bond donors (Lipinski definition) is 2. The van der Waals surface area contributed by atoms with Gasteiger partial charge in [0.2, 0.25) is 0 Å². The van der Waals surface area contributed by atoms with Crippen molar-refractivity contribution in [3.63, 3.8) is 0 Å². The number of hydrogen-bond acceptors (Lipinski definition) is 4. The molecule has 2 N–H and O–H groups in total. The fourth-order valence-corrected chi connectivity index (χ4v) is 5.14. The molecule has 1 unspecified atom stereocenters. The van der Waals surface area contributed by atoms with Gasteiger partial charge >= 0.3 is 0 Å². The van der Waals surface area contributed by atoms with Crippen molar-refractivity contribution in [1.82, 2.24) is 10.4 Å². The molecule has 1 aliphatic heterocycles. The number of fused-ring (bicyclic) bond motifs is 2. The van der Waals surface area contributed by atoms with Crippen molar-refractivity contribution in [2.24, 2.45) is 0 Å². The second kappa shape index (κ2) is 9.10. The van der Waals surface area contributed by atoms with Crippen LogP contribution in [0.4, 0.5) is 0 Å². The van der Waals surface area contributed by atoms with Gasteiger partial charge in [-0.2, -0.15) is 0 Å². The lowest BCUT2D eigenvalue weighted by molar-refractivity contribution is -0.127. The van der Waals surface area contributed by atoms with Crippen LogP contribution in [0.15, 0.2) is 58.5 Å². The van der Waals surface area contributed by atoms with Crippen molar-refractivity contribution in [2.45, 2.75) is 51.9 Å². The van der Waals surface area contributed by atoms with Crippen LogP contribution in [0, 0.1) is 0 Å². The molecule has 0 fully saturated rings. The van der Waals surface area contributed by atoms with E-state index in [9.17, 15) is 9.59 Å². The van der Waals surface area contributed by atoms with E-state index in [1.807, 2.05) is 17.0 Å². The Morgan fingerprint density at radius 3 is 2.33 bits per heavy atom. The zero-order valence-electron chi connectivity index (χ0n) is 21.2. The molecule has 2 amide bonds. The molecule has 36 heavy (non-hydrogen) atoms. The molecular weight excluding hydrogens is 452 g/mol. The zero-order valence-corrected chi connectivity index (χ0v) is 21.2. The average Bonchev–Trinajstić information content (AvgIpc) is 3.34. The minimum absolute atomic E-state index is 0.0334. The Hall–Kier alpha value is -3.64. The Morgan fingerprint density at radius 2 is 1.69 bits per heavy atom. The molecule has 0 bridgehead atoms. The van der Waals surface area contributed by atoms with E-state index in [4.69, 9.17) is 9.62 Å². The van der Waals surface area contributed by atoms with Crippen molar-refractivity contribution in [3.05, 3.63) is 87.7 Å². The largest absolute Gasteiger partial charge is 0.456 e. The number of nitrogens with one attached hydrogen (secondary N) is 1. The number of benzene rings is 2. The summed E-state index contributed by atoms with van der Waals surface area (Å²) in [4.78, 5) is 27.2. The van der Waals surface area contributed by atoms with Crippen molar-refractivity contribution < 1.29 is 19.2 Å². The van der Waals surface area contributed by atoms with Crippen LogP contribution in [-0.4, -0.2) is 35.0 Å². The van der Waals surface area contributed by atoms with Gasteiger partial charge in [-0.3, -0.25) is 14.8 Å². The maximum absolute atomic E-state index is 13.5. The van der Waals surface area contributed by atoms with Gasteiger partial charge in [-0.25, -0.2) is 5.48 Å². The molecule has 2 aromatic carbocycles. The highest BCUT2D eigenvalue weighted by molar-refractivity contribution is 6.01. The number of carbonyl (C=O) groups is 2. The second-order valence-corrected chi connectivity index (χ2v) is 10.8. The Bertz CT molecular complexity index is 1360. The summed E-state index contributed by atoms with van der Waals surface area (Å²) in [5.74, 6) is 1.05. The molecule has 0 saturated carbocycles. The Balaban J connectivity index is 1.32. The quantitative estimate of drug-likeness (QED) is 0.380. The highest BCUT2D eigenvalue weighted by atomic mass is 16.5. The fraction of sp³-hybridized carbons (Fsp3) is 0.333. The average molecular weight is 485 g/mol. The van der Waals surface area contributed by atoms with Gasteiger partial charge in [0.1, 0.15) is 11.5 Å². The minimum atomic E-state index is -0.530. The van der Waals surface area contributed by atoms with E-state index in [2.05, 4.69) is 58.0 Å². The second-order valence-electron chi connectivity index (χ2n) is 10.8. The minimum Gasteiger partial charge on any atom is -0.456 e. The third-order valence-electron chi connectivity index (χ3n) is 7.45. The number of hydroxylamine groups is 1. The third-order valence-corrected chi connectivity index (χ3v) is 7.45. The van der Waals surface area contributed by atoms with Gasteiger partial charge in [-0.1, -0.05) is 58.0 Å². The van der Waals surface area contributed by atoms with Crippen LogP contribution in [0.2, 0.25) is 0 Å². The normalized spacial score (nSPS) is 17.2. The predicted molar refractivity (Wildman–Crippen MR) is 139 cm³/mol. The summed E-state index contributed by atoms with van der Waals surface area (Å²) < 4.78 is 6.19. The SMILES string of the molecule is CC1C(C(=O)N2CCc3ccc(C(=O)NO)cc3CC2)=Cc2oc(-c3ccc(C(C)(C)C)cc3)cc21. The maximum atomic E-state index is 13.5. The third kappa shape index (κ3) is 4.37. The van der Waals surface area contributed by atoms with Crippen LogP contribution in [0.1, 0.15) is 72.0 Å². The molecule has 186 valence electrons. The molecule has 2 heterocycles. The molecule has 3 aromatic rings. The van der Waals surface area contributed by atoms with Gasteiger partial charge in [0, 0.05) is 41.3 Å². The highest BCUT2D eigenvalue weighted by Crippen LogP contribution is 2.41. The predicted octanol–water partition coefficient (Wildman–Crippen LogP) is 5.49. The van der Waals surface area contributed by atoms with E-state index in [-0.39, 0.29) is 17.2 Å². The standard InChI is InChI=1S/C30H32N2O4/c1-18-24-16-26(20-7-9-23(10-8-20)30(2,3)4)36-27(24)17-25(18)29(34)32-13-11-19-5-6-22(28(33)31-35)15-21(19)12-14-32/h5-10,15-18,35H,11-14H2,1-4H3,(H,31,33). The lowest BCUT2D eigenvalue weighted by Gasteiger charge is -2.22. The number of rotatable bonds is 3. The lowest BCUT2D eigenvalue weighted by Crippen LogP contribution is -2.34. The summed E-state index contributed by atoms with van der Waals surface area (Å²) in [5, 5.41) is 8.92. The van der Waals surface area contributed by atoms with Gasteiger partial charge < -0.3 is 9.32 Å². The highest BCUT2D eigenvalue weighted by Gasteiger charge is 2.33. The molecule has 0 spiro atoms. The van der Waals surface area contributed by atoms with E-state index in [1.54, 1.807) is 17.6 Å². The smallest absolute Gasteiger partial charge is 0.274 e. The first kappa shape index (κ1) is 24.1. The van der Waals surface area contributed by atoms with Crippen LogP contribution in [0.5, 0.6) is 0 Å². The van der Waals surface area contributed by atoms with Crippen molar-refractivity contribution in [3.8, 4) is 11.3 Å². The van der Waals surface area contributed by atoms with Gasteiger partial charge in [0.05, 0.1) is 0 Å². The first-order chi connectivity index (χ1) is 17.2. The van der Waals surface area contributed by atoms with Crippen molar-refractivity contribution in [2.75, 3.05) is 13.1 Å². The summed E-state index contributed by atoms with van der Waals surface area (Å²) in [6.45, 7) is 9.85. The fourth-order valence-electron chi connectivity index (χ4n) is 5.14. The van der Waals surface area contributed by atoms with Crippen LogP contribution in [-0.2, 0) is 23.1 Å². The molecular formula is C30H32N2O4. The van der Waals surface area contributed by atoms with Gasteiger partial charge in [0.25, 0.3) is 11.8 Å². The van der Waals surface area contributed by atoms with Crippen LogP contribution in [0.3, 0.4) is 0 Å². The van der Waals surface area contributed by atoms with E-state index in [1.165, 1.54) is 5.56 Å². The topological polar surface area (TPSA) is 82.8 Å². The molecule has 1 aromatic heterocycles. The number of furan rings is 1. The first-order valence-corrected chi connectivity index (χ1v) is 12.5. The molecule has 1 atom stereocenters. The van der Waals surface area contributed by atoms with Crippen molar-refractivity contribution >= 4 is 17.9 Å². The van der Waals surface area contributed by atoms with E-state index < -0.39 is 5.91 Å².